The molecule has 0 spiro atoms. The topological polar surface area (TPSA) is 198 Å². The molecular formula is C18H19N9O5S2. The number of carbonyl (C=O) groups excluding carboxylic acids is 3. The first kappa shape index (κ1) is 23.5. The Morgan fingerprint density at radius 2 is 2.09 bits per heavy atom. The standard InChI is InChI=1S/C18H19N9O5S2/c1-26-18(23-24-25-26)34-7-9-6-33-15-11(14(29)27(15)12(9)16(30)31)21-13(28)10(22-17(19)32)8-2-4-20-5-3-8/h2-5,10-11,15H,6-7H2,1H3,(H,21,28)(H,30,31)(H3,19,22,32)/t10?,11-,15?/m1/s1. The summed E-state index contributed by atoms with van der Waals surface area (Å²) < 4.78 is 1.46. The number of aryl methyl sites for hydroxylation is 1. The zero-order valence-electron chi connectivity index (χ0n) is 17.6. The fraction of sp³-hybridized carbons (Fsp3) is 0.333. The number of primary amides is 1. The molecule has 4 amide bonds. The van der Waals surface area contributed by atoms with Crippen molar-refractivity contribution in [3.8, 4) is 0 Å². The first-order chi connectivity index (χ1) is 16.3. The van der Waals surface area contributed by atoms with Crippen molar-refractivity contribution in [1.29, 1.82) is 0 Å². The predicted octanol–water partition coefficient (Wildman–Crippen LogP) is -1.15. The average molecular weight is 506 g/mol. The maximum atomic E-state index is 12.9. The molecule has 178 valence electrons. The van der Waals surface area contributed by atoms with Crippen LogP contribution in [0.4, 0.5) is 4.79 Å². The second-order valence-electron chi connectivity index (χ2n) is 7.25. The van der Waals surface area contributed by atoms with E-state index in [0.717, 1.165) is 0 Å². The average Bonchev–Trinajstić information content (AvgIpc) is 3.23. The van der Waals surface area contributed by atoms with Gasteiger partial charge in [0.15, 0.2) is 0 Å². The van der Waals surface area contributed by atoms with Crippen molar-refractivity contribution >= 4 is 47.3 Å². The summed E-state index contributed by atoms with van der Waals surface area (Å²) in [5.41, 5.74) is 6.07. The van der Waals surface area contributed by atoms with E-state index in [4.69, 9.17) is 5.73 Å². The number of pyridine rings is 1. The summed E-state index contributed by atoms with van der Waals surface area (Å²) >= 11 is 2.59. The number of hydrogen-bond acceptors (Lipinski definition) is 10. The Balaban J connectivity index is 1.49. The first-order valence-corrected chi connectivity index (χ1v) is 11.8. The summed E-state index contributed by atoms with van der Waals surface area (Å²) in [4.78, 5) is 54.3. The molecule has 4 heterocycles. The molecule has 1 fully saturated rings. The summed E-state index contributed by atoms with van der Waals surface area (Å²) in [5, 5.41) is 25.8. The molecule has 3 atom stereocenters. The highest BCUT2D eigenvalue weighted by Crippen LogP contribution is 2.41. The van der Waals surface area contributed by atoms with Gasteiger partial charge in [0.1, 0.15) is 23.2 Å². The molecule has 2 aromatic rings. The molecule has 0 saturated carbocycles. The third kappa shape index (κ3) is 4.54. The van der Waals surface area contributed by atoms with Gasteiger partial charge in [-0.05, 0) is 33.7 Å². The third-order valence-electron chi connectivity index (χ3n) is 5.09. The number of amides is 4. The van der Waals surface area contributed by atoms with Gasteiger partial charge in [0.25, 0.3) is 5.91 Å². The van der Waals surface area contributed by atoms with Crippen LogP contribution < -0.4 is 16.4 Å². The van der Waals surface area contributed by atoms with Crippen molar-refractivity contribution < 1.29 is 24.3 Å². The number of carboxylic acids is 1. The Morgan fingerprint density at radius 1 is 1.35 bits per heavy atom. The molecule has 2 aromatic heterocycles. The third-order valence-corrected chi connectivity index (χ3v) is 7.53. The minimum absolute atomic E-state index is 0.108. The van der Waals surface area contributed by atoms with Gasteiger partial charge in [0.2, 0.25) is 11.1 Å². The van der Waals surface area contributed by atoms with E-state index in [9.17, 15) is 24.3 Å². The zero-order valence-corrected chi connectivity index (χ0v) is 19.2. The molecule has 2 aliphatic heterocycles. The number of aliphatic carboxylic acids is 1. The van der Waals surface area contributed by atoms with Crippen LogP contribution in [0, 0.1) is 0 Å². The number of hydrogen-bond donors (Lipinski definition) is 4. The molecule has 0 aliphatic carbocycles. The minimum atomic E-state index is -1.24. The summed E-state index contributed by atoms with van der Waals surface area (Å²) in [6.45, 7) is 0. The van der Waals surface area contributed by atoms with Gasteiger partial charge < -0.3 is 21.5 Å². The molecule has 1 saturated heterocycles. The van der Waals surface area contributed by atoms with Crippen LogP contribution in [0.25, 0.3) is 0 Å². The fourth-order valence-electron chi connectivity index (χ4n) is 3.52. The van der Waals surface area contributed by atoms with Crippen LogP contribution in [-0.2, 0) is 21.4 Å². The van der Waals surface area contributed by atoms with E-state index in [1.54, 1.807) is 7.05 Å². The number of carbonyl (C=O) groups is 4. The van der Waals surface area contributed by atoms with Crippen molar-refractivity contribution in [3.05, 3.63) is 41.4 Å². The number of nitrogens with one attached hydrogen (secondary N) is 2. The van der Waals surface area contributed by atoms with Gasteiger partial charge >= 0.3 is 12.0 Å². The second kappa shape index (κ2) is 9.68. The quantitative estimate of drug-likeness (QED) is 0.249. The Morgan fingerprint density at radius 3 is 2.71 bits per heavy atom. The van der Waals surface area contributed by atoms with Crippen LogP contribution in [0.3, 0.4) is 0 Å². The number of nitrogens with two attached hydrogens (primary N) is 1. The number of tetrazole rings is 1. The minimum Gasteiger partial charge on any atom is -0.477 e. The molecule has 16 heteroatoms. The van der Waals surface area contributed by atoms with Crippen molar-refractivity contribution in [1.82, 2.24) is 40.7 Å². The molecule has 2 aliphatic rings. The summed E-state index contributed by atoms with van der Waals surface area (Å²) in [6.07, 6.45) is 2.90. The van der Waals surface area contributed by atoms with E-state index in [2.05, 4.69) is 31.1 Å². The number of aromatic nitrogens is 5. The highest BCUT2D eigenvalue weighted by Gasteiger charge is 2.54. The highest BCUT2D eigenvalue weighted by atomic mass is 32.2. The Hall–Kier alpha value is -3.66. The lowest BCUT2D eigenvalue weighted by atomic mass is 10.0. The molecule has 5 N–H and O–H groups in total. The smallest absolute Gasteiger partial charge is 0.352 e. The van der Waals surface area contributed by atoms with Crippen LogP contribution in [-0.4, -0.2) is 81.9 Å². The van der Waals surface area contributed by atoms with E-state index in [1.807, 2.05) is 0 Å². The van der Waals surface area contributed by atoms with Gasteiger partial charge in [-0.2, -0.15) is 0 Å². The van der Waals surface area contributed by atoms with Crippen molar-refractivity contribution in [2.45, 2.75) is 22.6 Å². The Labute approximate surface area is 200 Å². The Kier molecular flexibility index (Phi) is 6.69. The normalized spacial score (nSPS) is 20.3. The number of urea groups is 1. The van der Waals surface area contributed by atoms with Gasteiger partial charge in [-0.1, -0.05) is 11.8 Å². The van der Waals surface area contributed by atoms with Crippen LogP contribution in [0.2, 0.25) is 0 Å². The lowest BCUT2D eigenvalue weighted by Gasteiger charge is -2.49. The number of carboxylic acid groups (broad SMARTS) is 1. The summed E-state index contributed by atoms with van der Waals surface area (Å²) in [6, 6.07) is 0.0563. The molecule has 0 bridgehead atoms. The molecule has 34 heavy (non-hydrogen) atoms. The first-order valence-electron chi connectivity index (χ1n) is 9.79. The lowest BCUT2D eigenvalue weighted by molar-refractivity contribution is -0.150. The van der Waals surface area contributed by atoms with Crippen LogP contribution in [0.1, 0.15) is 11.6 Å². The van der Waals surface area contributed by atoms with Crippen LogP contribution in [0.15, 0.2) is 41.0 Å². The fourth-order valence-corrected chi connectivity index (χ4v) is 5.86. The molecule has 0 aromatic carbocycles. The van der Waals surface area contributed by atoms with Crippen LogP contribution in [0.5, 0.6) is 0 Å². The highest BCUT2D eigenvalue weighted by molar-refractivity contribution is 8.01. The number of fused-ring (bicyclic) bond motifs is 1. The van der Waals surface area contributed by atoms with Gasteiger partial charge in [-0.15, -0.1) is 16.9 Å². The van der Waals surface area contributed by atoms with Crippen LogP contribution >= 0.6 is 23.5 Å². The zero-order chi connectivity index (χ0) is 24.4. The molecule has 0 radical (unpaired) electrons. The maximum Gasteiger partial charge on any atom is 0.352 e. The summed E-state index contributed by atoms with van der Waals surface area (Å²) in [5.74, 6) is -1.82. The second-order valence-corrected chi connectivity index (χ2v) is 9.30. The molecule has 2 unspecified atom stereocenters. The van der Waals surface area contributed by atoms with E-state index in [-0.39, 0.29) is 11.4 Å². The van der Waals surface area contributed by atoms with Gasteiger partial charge in [0, 0.05) is 30.9 Å². The van der Waals surface area contributed by atoms with Gasteiger partial charge in [0.05, 0.1) is 0 Å². The van der Waals surface area contributed by atoms with Crippen molar-refractivity contribution in [3.63, 3.8) is 0 Å². The number of rotatable bonds is 8. The maximum absolute atomic E-state index is 12.9. The molecular weight excluding hydrogens is 486 g/mol. The Bertz CT molecular complexity index is 1170. The van der Waals surface area contributed by atoms with E-state index in [1.165, 1.54) is 57.6 Å². The summed E-state index contributed by atoms with van der Waals surface area (Å²) in [7, 11) is 1.67. The number of thioether (sulfide) groups is 2. The van der Waals surface area contributed by atoms with E-state index >= 15 is 0 Å². The monoisotopic (exact) mass is 505 g/mol. The van der Waals surface area contributed by atoms with E-state index in [0.29, 0.717) is 22.0 Å². The van der Waals surface area contributed by atoms with E-state index < -0.39 is 41.3 Å². The molecule has 4 rings (SSSR count). The SMILES string of the molecule is Cn1nnnc1SCC1=C(C(=O)O)N2C(=O)[C@@H](NC(=O)C(NC(N)=O)c3ccncc3)C2SC1. The molecule has 14 nitrogen and oxygen atoms in total. The lowest BCUT2D eigenvalue weighted by Crippen LogP contribution is -2.71. The van der Waals surface area contributed by atoms with Crippen molar-refractivity contribution in [2.75, 3.05) is 11.5 Å². The van der Waals surface area contributed by atoms with Gasteiger partial charge in [-0.25, -0.2) is 14.3 Å². The largest absolute Gasteiger partial charge is 0.477 e. The predicted molar refractivity (Wildman–Crippen MR) is 119 cm³/mol. The number of β-lactam (4-membered cyclic amide) rings is 1. The van der Waals surface area contributed by atoms with Crippen molar-refractivity contribution in [2.24, 2.45) is 12.8 Å². The van der Waals surface area contributed by atoms with Gasteiger partial charge in [-0.3, -0.25) is 19.5 Å². The number of nitrogens with zero attached hydrogens (tertiary/aromatic N) is 6.